The fourth-order valence-corrected chi connectivity index (χ4v) is 5.20. The lowest BCUT2D eigenvalue weighted by molar-refractivity contribution is -0.140. The topological polar surface area (TPSA) is 58.6 Å². The van der Waals surface area contributed by atoms with Gasteiger partial charge in [-0.3, -0.25) is 9.59 Å². The van der Waals surface area contributed by atoms with Crippen molar-refractivity contribution in [2.24, 2.45) is 5.92 Å². The quantitative estimate of drug-likeness (QED) is 0.545. The van der Waals surface area contributed by atoms with Crippen molar-refractivity contribution in [2.75, 3.05) is 18.5 Å². The van der Waals surface area contributed by atoms with E-state index in [1.54, 1.807) is 12.1 Å². The molecular weight excluding hydrogens is 488 g/mol. The zero-order chi connectivity index (χ0) is 26.2. The third-order valence-corrected chi connectivity index (χ3v) is 7.07. The van der Waals surface area contributed by atoms with Crippen molar-refractivity contribution >= 4 is 17.5 Å². The molecule has 194 valence electrons. The van der Waals surface area contributed by atoms with Gasteiger partial charge in [-0.15, -0.1) is 0 Å². The van der Waals surface area contributed by atoms with Gasteiger partial charge in [-0.25, -0.2) is 4.39 Å². The predicted molar refractivity (Wildman–Crippen MR) is 129 cm³/mol. The maximum atomic E-state index is 13.9. The predicted octanol–water partition coefficient (Wildman–Crippen LogP) is 5.55. The number of hydrogen-bond acceptors (Lipinski definition) is 3. The van der Waals surface area contributed by atoms with Crippen molar-refractivity contribution < 1.29 is 31.9 Å². The first-order valence-electron chi connectivity index (χ1n) is 12.3. The molecule has 2 heterocycles. The van der Waals surface area contributed by atoms with Crippen LogP contribution in [0.25, 0.3) is 0 Å². The van der Waals surface area contributed by atoms with Crippen LogP contribution in [0.3, 0.4) is 0 Å². The fourth-order valence-electron chi connectivity index (χ4n) is 5.20. The maximum Gasteiger partial charge on any atom is 0.419 e. The second-order valence-corrected chi connectivity index (χ2v) is 9.61. The number of alkyl halides is 3. The molecule has 2 aromatic carbocycles. The molecule has 0 spiro atoms. The summed E-state index contributed by atoms with van der Waals surface area (Å²) in [4.78, 5) is 27.7. The molecule has 9 heteroatoms. The molecule has 0 fully saturated rings. The highest BCUT2D eigenvalue weighted by Gasteiger charge is 2.34. The molecule has 1 unspecified atom stereocenters. The second kappa shape index (κ2) is 10.0. The van der Waals surface area contributed by atoms with E-state index in [1.807, 2.05) is 17.0 Å². The van der Waals surface area contributed by atoms with Crippen LogP contribution in [0.15, 0.2) is 59.9 Å². The van der Waals surface area contributed by atoms with E-state index in [1.165, 1.54) is 5.57 Å². The molecule has 0 saturated heterocycles. The second-order valence-electron chi connectivity index (χ2n) is 9.61. The SMILES string of the molecule is O=C(Cc1ccc(C(F)(F)F)c(F)c1)Nc1cccc2c1CCN(C(=O)C1COC3=C(CCC=C3)C1)C2. The molecule has 37 heavy (non-hydrogen) atoms. The minimum atomic E-state index is -4.79. The third kappa shape index (κ3) is 5.40. The first-order valence-corrected chi connectivity index (χ1v) is 12.3. The summed E-state index contributed by atoms with van der Waals surface area (Å²) in [6, 6.07) is 7.95. The molecule has 1 N–H and O–H groups in total. The van der Waals surface area contributed by atoms with Crippen LogP contribution in [0.1, 0.15) is 41.5 Å². The van der Waals surface area contributed by atoms with Gasteiger partial charge >= 0.3 is 6.18 Å². The molecule has 1 atom stereocenters. The van der Waals surface area contributed by atoms with Gasteiger partial charge in [0.25, 0.3) is 0 Å². The molecule has 0 bridgehead atoms. The van der Waals surface area contributed by atoms with E-state index in [9.17, 15) is 27.2 Å². The van der Waals surface area contributed by atoms with Gasteiger partial charge < -0.3 is 15.0 Å². The van der Waals surface area contributed by atoms with E-state index in [2.05, 4.69) is 11.4 Å². The van der Waals surface area contributed by atoms with Crippen LogP contribution in [0.2, 0.25) is 0 Å². The van der Waals surface area contributed by atoms with E-state index < -0.39 is 23.5 Å². The van der Waals surface area contributed by atoms with Gasteiger partial charge in [0.15, 0.2) is 0 Å². The highest BCUT2D eigenvalue weighted by atomic mass is 19.4. The van der Waals surface area contributed by atoms with Crippen LogP contribution in [-0.2, 0) is 39.9 Å². The lowest BCUT2D eigenvalue weighted by Gasteiger charge is -2.35. The summed E-state index contributed by atoms with van der Waals surface area (Å²) >= 11 is 0. The number of ether oxygens (including phenoxy) is 1. The lowest BCUT2D eigenvalue weighted by Crippen LogP contribution is -2.42. The number of fused-ring (bicyclic) bond motifs is 1. The number of carbonyl (C=O) groups excluding carboxylic acids is 2. The van der Waals surface area contributed by atoms with Crippen molar-refractivity contribution in [3.05, 3.63) is 88.0 Å². The molecule has 1 aliphatic carbocycles. The van der Waals surface area contributed by atoms with Crippen LogP contribution in [0, 0.1) is 11.7 Å². The Morgan fingerprint density at radius 3 is 2.76 bits per heavy atom. The first kappa shape index (κ1) is 25.0. The summed E-state index contributed by atoms with van der Waals surface area (Å²) in [6.45, 7) is 1.29. The van der Waals surface area contributed by atoms with E-state index in [0.717, 1.165) is 41.9 Å². The lowest BCUT2D eigenvalue weighted by atomic mass is 9.89. The average Bonchev–Trinajstić information content (AvgIpc) is 2.87. The van der Waals surface area contributed by atoms with Crippen LogP contribution in [0.5, 0.6) is 0 Å². The van der Waals surface area contributed by atoms with Crippen molar-refractivity contribution in [3.8, 4) is 0 Å². The summed E-state index contributed by atoms with van der Waals surface area (Å²) in [7, 11) is 0. The number of carbonyl (C=O) groups is 2. The maximum absolute atomic E-state index is 13.9. The Labute approximate surface area is 211 Å². The molecule has 5 nitrogen and oxygen atoms in total. The number of rotatable bonds is 4. The molecule has 0 radical (unpaired) electrons. The summed E-state index contributed by atoms with van der Waals surface area (Å²) in [5.41, 5.74) is 2.41. The van der Waals surface area contributed by atoms with Gasteiger partial charge in [-0.2, -0.15) is 13.2 Å². The monoisotopic (exact) mass is 514 g/mol. The number of nitrogens with zero attached hydrogens (tertiary/aromatic N) is 1. The molecule has 5 rings (SSSR count). The van der Waals surface area contributed by atoms with Crippen molar-refractivity contribution in [1.82, 2.24) is 4.90 Å². The molecule has 2 amide bonds. The molecule has 0 saturated carbocycles. The number of amides is 2. The standard InChI is InChI=1S/C28H26F4N2O3/c29-23-12-17(8-9-22(23)28(30,31)32)13-26(35)33-24-6-3-5-19-15-34(11-10-21(19)24)27(36)20-14-18-4-1-2-7-25(18)37-16-20/h2-3,5-9,12,20H,1,4,10-11,13-16H2,(H,33,35). The molecular formula is C28H26F4N2O3. The van der Waals surface area contributed by atoms with Gasteiger partial charge in [0, 0.05) is 18.8 Å². The number of benzene rings is 2. The zero-order valence-electron chi connectivity index (χ0n) is 20.0. The highest BCUT2D eigenvalue weighted by molar-refractivity contribution is 5.93. The van der Waals surface area contributed by atoms with Crippen molar-refractivity contribution in [1.29, 1.82) is 0 Å². The fraction of sp³-hybridized carbons (Fsp3) is 0.357. The molecule has 2 aromatic rings. The molecule has 3 aliphatic rings. The van der Waals surface area contributed by atoms with Crippen LogP contribution >= 0.6 is 0 Å². The van der Waals surface area contributed by atoms with Crippen LogP contribution in [-0.4, -0.2) is 29.9 Å². The zero-order valence-corrected chi connectivity index (χ0v) is 20.0. The minimum Gasteiger partial charge on any atom is -0.493 e. The Bertz CT molecular complexity index is 1300. The van der Waals surface area contributed by atoms with Gasteiger partial charge in [0.1, 0.15) is 18.2 Å². The molecule has 0 aromatic heterocycles. The van der Waals surface area contributed by atoms with E-state index in [-0.39, 0.29) is 23.8 Å². The van der Waals surface area contributed by atoms with Crippen LogP contribution in [0.4, 0.5) is 23.2 Å². The summed E-state index contributed by atoms with van der Waals surface area (Å²) in [5, 5.41) is 2.80. The highest BCUT2D eigenvalue weighted by Crippen LogP contribution is 2.34. The first-order chi connectivity index (χ1) is 17.7. The van der Waals surface area contributed by atoms with E-state index >= 15 is 0 Å². The third-order valence-electron chi connectivity index (χ3n) is 7.07. The van der Waals surface area contributed by atoms with Gasteiger partial charge in [-0.1, -0.05) is 24.3 Å². The smallest absolute Gasteiger partial charge is 0.419 e. The summed E-state index contributed by atoms with van der Waals surface area (Å²) < 4.78 is 58.1. The summed E-state index contributed by atoms with van der Waals surface area (Å²) in [5.74, 6) is -1.12. The van der Waals surface area contributed by atoms with Gasteiger partial charge in [0.05, 0.1) is 17.9 Å². The Morgan fingerprint density at radius 2 is 1.97 bits per heavy atom. The van der Waals surface area contributed by atoms with E-state index in [4.69, 9.17) is 4.74 Å². The Kier molecular flexibility index (Phi) is 6.79. The average molecular weight is 515 g/mol. The number of anilines is 1. The Balaban J connectivity index is 1.23. The number of allylic oxidation sites excluding steroid dienone is 3. The van der Waals surface area contributed by atoms with E-state index in [0.29, 0.717) is 44.3 Å². The normalized spacial score (nSPS) is 19.1. The van der Waals surface area contributed by atoms with Crippen molar-refractivity contribution in [2.45, 2.75) is 44.8 Å². The van der Waals surface area contributed by atoms with Crippen LogP contribution < -0.4 is 5.32 Å². The van der Waals surface area contributed by atoms with Gasteiger partial charge in [-0.05, 0) is 72.2 Å². The largest absolute Gasteiger partial charge is 0.493 e. The Morgan fingerprint density at radius 1 is 1.14 bits per heavy atom. The van der Waals surface area contributed by atoms with Gasteiger partial charge in [0.2, 0.25) is 11.8 Å². The number of hydrogen-bond donors (Lipinski definition) is 1. The number of nitrogens with one attached hydrogen (secondary N) is 1. The molecule has 2 aliphatic heterocycles. The number of halogens is 4. The van der Waals surface area contributed by atoms with Crippen molar-refractivity contribution in [3.63, 3.8) is 0 Å². The minimum absolute atomic E-state index is 0.0607. The summed E-state index contributed by atoms with van der Waals surface area (Å²) in [6.07, 6.45) is 2.16. The Hall–Kier alpha value is -3.62.